The maximum Gasteiger partial charge on any atom is 0.279 e. The minimum Gasteiger partial charge on any atom is -0.424 e. The van der Waals surface area contributed by atoms with E-state index in [1.807, 2.05) is 0 Å². The first kappa shape index (κ1) is 44.3. The summed E-state index contributed by atoms with van der Waals surface area (Å²) >= 11 is 0. The molecule has 8 aromatic rings. The lowest BCUT2D eigenvalue weighted by Crippen LogP contribution is -2.62. The van der Waals surface area contributed by atoms with Crippen LogP contribution in [0.4, 0.5) is 34.3 Å². The number of anilines is 6. The van der Waals surface area contributed by atoms with Crippen LogP contribution >= 0.6 is 0 Å². The molecule has 0 spiro atoms. The number of benzene rings is 7. The molecule has 336 valence electrons. The van der Waals surface area contributed by atoms with E-state index in [0.29, 0.717) is 0 Å². The summed E-state index contributed by atoms with van der Waals surface area (Å²) in [6.45, 7) is 27.0. The Hall–Kier alpha value is -6.59. The average molecular weight is 878 g/mol. The summed E-state index contributed by atoms with van der Waals surface area (Å²) in [7, 11) is 0. The molecule has 0 amide bonds. The van der Waals surface area contributed by atoms with Gasteiger partial charge in [0.25, 0.3) is 6.71 Å². The van der Waals surface area contributed by atoms with Crippen molar-refractivity contribution in [2.45, 2.75) is 110 Å². The molecule has 0 fully saturated rings. The van der Waals surface area contributed by atoms with E-state index in [4.69, 9.17) is 9.40 Å². The van der Waals surface area contributed by atoms with Gasteiger partial charge in [-0.25, -0.2) is 4.98 Å². The Balaban J connectivity index is 1.40. The normalized spacial score (nSPS) is 13.9. The minimum atomic E-state index is -0.719. The van der Waals surface area contributed by atoms with Crippen molar-refractivity contribution < 1.29 is 4.42 Å². The predicted octanol–water partition coefficient (Wildman–Crippen LogP) is 14.3. The Labute approximate surface area is 399 Å². The number of hydrogen-bond donors (Lipinski definition) is 0. The van der Waals surface area contributed by atoms with Gasteiger partial charge >= 0.3 is 0 Å². The summed E-state index contributed by atoms with van der Waals surface area (Å²) in [4.78, 5) is 10.5. The Morgan fingerprint density at radius 3 is 1.24 bits per heavy atom. The van der Waals surface area contributed by atoms with Gasteiger partial charge in [-0.2, -0.15) is 0 Å². The average Bonchev–Trinajstić information content (AvgIpc) is 3.76. The van der Waals surface area contributed by atoms with Crippen molar-refractivity contribution in [3.63, 3.8) is 0 Å². The summed E-state index contributed by atoms with van der Waals surface area (Å²) in [6.07, 6.45) is 0. The molecule has 0 atom stereocenters. The van der Waals surface area contributed by atoms with E-state index < -0.39 is 5.41 Å². The molecule has 10 rings (SSSR count). The lowest BCUT2D eigenvalue weighted by atomic mass is 9.35. The van der Waals surface area contributed by atoms with Gasteiger partial charge in [-0.05, 0) is 109 Å². The fraction of sp³-hybridized carbons (Fsp3) is 0.274. The number of rotatable bonds is 6. The molecule has 0 unspecified atom stereocenters. The van der Waals surface area contributed by atoms with Gasteiger partial charge in [-0.3, -0.25) is 4.90 Å². The van der Waals surface area contributed by atoms with E-state index in [9.17, 15) is 0 Å². The van der Waals surface area contributed by atoms with Crippen molar-refractivity contribution in [2.24, 2.45) is 0 Å². The van der Waals surface area contributed by atoms with Gasteiger partial charge in [-0.1, -0.05) is 210 Å². The van der Waals surface area contributed by atoms with Crippen molar-refractivity contribution in [3.05, 3.63) is 215 Å². The number of aromatic nitrogens is 1. The van der Waals surface area contributed by atoms with Crippen LogP contribution in [-0.2, 0) is 27.1 Å². The highest BCUT2D eigenvalue weighted by atomic mass is 16.4. The molecular formula is C62H64BN3O. The van der Waals surface area contributed by atoms with E-state index in [0.717, 1.165) is 51.4 Å². The molecule has 4 nitrogen and oxygen atoms in total. The largest absolute Gasteiger partial charge is 0.424 e. The quantitative estimate of drug-likeness (QED) is 0.123. The van der Waals surface area contributed by atoms with E-state index in [-0.39, 0.29) is 28.4 Å². The number of hydrogen-bond acceptors (Lipinski definition) is 4. The van der Waals surface area contributed by atoms with Crippen LogP contribution in [0.2, 0.25) is 0 Å². The van der Waals surface area contributed by atoms with Crippen molar-refractivity contribution in [1.29, 1.82) is 0 Å². The lowest BCUT2D eigenvalue weighted by Gasteiger charge is -2.44. The van der Waals surface area contributed by atoms with Crippen molar-refractivity contribution in [3.8, 4) is 0 Å². The summed E-state index contributed by atoms with van der Waals surface area (Å²) in [5.74, 6) is 1.50. The van der Waals surface area contributed by atoms with Gasteiger partial charge in [0.2, 0.25) is 11.8 Å². The van der Waals surface area contributed by atoms with Crippen LogP contribution in [0.5, 0.6) is 0 Å². The Morgan fingerprint density at radius 1 is 0.388 bits per heavy atom. The zero-order valence-corrected chi connectivity index (χ0v) is 41.5. The van der Waals surface area contributed by atoms with Gasteiger partial charge in [0.1, 0.15) is 0 Å². The third-order valence-corrected chi connectivity index (χ3v) is 14.1. The van der Waals surface area contributed by atoms with Crippen LogP contribution in [0.1, 0.15) is 128 Å². The molecule has 3 heterocycles. The van der Waals surface area contributed by atoms with Crippen molar-refractivity contribution in [1.82, 2.24) is 4.98 Å². The minimum absolute atomic E-state index is 0.00192. The lowest BCUT2D eigenvalue weighted by molar-refractivity contribution is 0.397. The molecular weight excluding hydrogens is 814 g/mol. The zero-order valence-electron chi connectivity index (χ0n) is 41.5. The first-order chi connectivity index (χ1) is 31.8. The second kappa shape index (κ2) is 15.8. The van der Waals surface area contributed by atoms with Gasteiger partial charge in [-0.15, -0.1) is 0 Å². The van der Waals surface area contributed by atoms with Crippen LogP contribution in [0, 0.1) is 0 Å². The number of nitrogens with zero attached hydrogens (tertiary/aromatic N) is 3. The van der Waals surface area contributed by atoms with Crippen molar-refractivity contribution >= 4 is 57.6 Å². The second-order valence-corrected chi connectivity index (χ2v) is 23.0. The summed E-state index contributed by atoms with van der Waals surface area (Å²) in [5.41, 5.74) is 16.3. The second-order valence-electron chi connectivity index (χ2n) is 23.0. The fourth-order valence-corrected chi connectivity index (χ4v) is 10.5. The molecule has 2 aliphatic heterocycles. The maximum atomic E-state index is 7.24. The van der Waals surface area contributed by atoms with Crippen molar-refractivity contribution in [2.75, 3.05) is 9.80 Å². The van der Waals surface area contributed by atoms with E-state index >= 15 is 0 Å². The highest BCUT2D eigenvalue weighted by Crippen LogP contribution is 2.52. The smallest absolute Gasteiger partial charge is 0.279 e. The van der Waals surface area contributed by atoms with Gasteiger partial charge in [0.05, 0.1) is 11.0 Å². The summed E-state index contributed by atoms with van der Waals surface area (Å²) in [6, 6.07) is 63.8. The van der Waals surface area contributed by atoms with Gasteiger partial charge in [0.15, 0.2) is 0 Å². The number of oxazole rings is 1. The standard InChI is InChI=1S/C62H64BN3O/c1-58(2,3)41-28-33-48(34-29-41)65-51-37-32-46(60(7,8)9)38-50(51)63-54-52(65)39-47(62(43-22-16-13-17-23-43,44-24-18-14-19-25-44)45-26-20-15-21-27-45)40-53(54)66(49-35-30-42(31-36-49)59(4,5)6)56-55(63)64-57(67-56)61(10,11)12/h13-40H,1-12H3. The topological polar surface area (TPSA) is 32.5 Å². The SMILES string of the molecule is CC(C)(C)c1ccc(N2c3ccc(C(C)(C)C)cc3B3c4nc(C(C)(C)C)oc4N(c4ccc(C(C)(C)C)cc4)c4cc(C(c5ccccc5)(c5ccccc5)c5ccccc5)cc2c43)cc1. The molecule has 0 aliphatic carbocycles. The highest BCUT2D eigenvalue weighted by Gasteiger charge is 2.50. The molecule has 2 aliphatic rings. The summed E-state index contributed by atoms with van der Waals surface area (Å²) < 4.78 is 7.24. The zero-order chi connectivity index (χ0) is 47.3. The first-order valence-corrected chi connectivity index (χ1v) is 24.1. The molecule has 0 radical (unpaired) electrons. The predicted molar refractivity (Wildman–Crippen MR) is 284 cm³/mol. The third kappa shape index (κ3) is 7.42. The van der Waals surface area contributed by atoms with Crippen LogP contribution in [-0.4, -0.2) is 11.7 Å². The van der Waals surface area contributed by atoms with E-state index in [2.05, 4.69) is 263 Å². The molecule has 7 aromatic carbocycles. The molecule has 1 aromatic heterocycles. The van der Waals surface area contributed by atoms with E-state index in [1.165, 1.54) is 44.3 Å². The number of fused-ring (bicyclic) bond motifs is 4. The summed E-state index contributed by atoms with van der Waals surface area (Å²) in [5, 5.41) is 0. The maximum absolute atomic E-state index is 7.24. The van der Waals surface area contributed by atoms with E-state index in [1.54, 1.807) is 0 Å². The molecule has 0 saturated carbocycles. The Bertz CT molecular complexity index is 2990. The van der Waals surface area contributed by atoms with Crippen LogP contribution in [0.3, 0.4) is 0 Å². The highest BCUT2D eigenvalue weighted by molar-refractivity contribution is 6.99. The van der Waals surface area contributed by atoms with Crippen LogP contribution in [0.15, 0.2) is 174 Å². The molecule has 67 heavy (non-hydrogen) atoms. The molecule has 0 saturated heterocycles. The molecule has 0 bridgehead atoms. The molecule has 0 N–H and O–H groups in total. The molecule has 5 heteroatoms. The van der Waals surface area contributed by atoms with Crippen LogP contribution < -0.4 is 26.3 Å². The Morgan fingerprint density at radius 2 is 0.806 bits per heavy atom. The monoisotopic (exact) mass is 878 g/mol. The first-order valence-electron chi connectivity index (χ1n) is 24.1. The fourth-order valence-electron chi connectivity index (χ4n) is 10.5. The van der Waals surface area contributed by atoms with Gasteiger partial charge < -0.3 is 9.32 Å². The van der Waals surface area contributed by atoms with Gasteiger partial charge in [0, 0.05) is 33.9 Å². The Kier molecular flexibility index (Phi) is 10.4. The van der Waals surface area contributed by atoms with Crippen LogP contribution in [0.25, 0.3) is 0 Å². The third-order valence-electron chi connectivity index (χ3n) is 14.1.